The number of benzene rings is 2. The molecule has 0 radical (unpaired) electrons. The Morgan fingerprint density at radius 1 is 0.750 bits per heavy atom. The Kier molecular flexibility index (Phi) is 4.91. The molecule has 2 rings (SSSR count). The van der Waals surface area contributed by atoms with E-state index < -0.39 is 7.73 Å². The molecule has 0 aliphatic rings. The second-order valence-corrected chi connectivity index (χ2v) is 6.41. The summed E-state index contributed by atoms with van der Waals surface area (Å²) >= 11 is 6.22. The van der Waals surface area contributed by atoms with Crippen molar-refractivity contribution in [3.8, 4) is 11.5 Å². The fraction of sp³-hybridized carbons (Fsp3) is 0.250. The fourth-order valence-electron chi connectivity index (χ4n) is 1.82. The molecule has 0 spiro atoms. The Balaban J connectivity index is 2.11. The van der Waals surface area contributed by atoms with E-state index in [1.54, 1.807) is 0 Å². The van der Waals surface area contributed by atoms with Gasteiger partial charge in [-0.2, -0.15) is 0 Å². The summed E-state index contributed by atoms with van der Waals surface area (Å²) in [7, 11) is -1.52. The maximum Gasteiger partial charge on any atom is 0.401 e. The van der Waals surface area contributed by atoms with Crippen LogP contribution in [0.2, 0.25) is 0 Å². The van der Waals surface area contributed by atoms with Gasteiger partial charge in [0.05, 0.1) is 0 Å². The molecule has 0 atom stereocenters. The fourth-order valence-corrected chi connectivity index (χ4v) is 3.01. The van der Waals surface area contributed by atoms with Crippen LogP contribution in [0.4, 0.5) is 0 Å². The highest BCUT2D eigenvalue weighted by Crippen LogP contribution is 2.46. The predicted molar refractivity (Wildman–Crippen MR) is 85.9 cm³/mol. The highest BCUT2D eigenvalue weighted by molar-refractivity contribution is 7.76. The first kappa shape index (κ1) is 15.2. The van der Waals surface area contributed by atoms with Crippen molar-refractivity contribution in [1.29, 1.82) is 0 Å². The molecule has 0 saturated heterocycles. The normalized spacial score (nSPS) is 10.7. The molecule has 0 unspecified atom stereocenters. The third kappa shape index (κ3) is 3.45. The molecule has 0 aromatic heterocycles. The number of aryl methyl sites for hydroxylation is 2. The average molecular weight is 309 g/mol. The molecule has 106 valence electrons. The van der Waals surface area contributed by atoms with Crippen molar-refractivity contribution in [2.24, 2.45) is 0 Å². The monoisotopic (exact) mass is 308 g/mol. The van der Waals surface area contributed by atoms with Gasteiger partial charge in [-0.3, -0.25) is 0 Å². The summed E-state index contributed by atoms with van der Waals surface area (Å²) < 4.78 is 11.5. The van der Waals surface area contributed by atoms with Crippen LogP contribution < -0.4 is 9.05 Å². The second-order valence-electron chi connectivity index (χ2n) is 4.79. The molecule has 0 N–H and O–H groups in total. The minimum atomic E-state index is -1.52. The molecular weight excluding hydrogens is 291 g/mol. The van der Waals surface area contributed by atoms with Crippen molar-refractivity contribution in [1.82, 2.24) is 0 Å². The van der Waals surface area contributed by atoms with Gasteiger partial charge in [0, 0.05) is 0 Å². The van der Waals surface area contributed by atoms with E-state index >= 15 is 0 Å². The first-order chi connectivity index (χ1) is 9.49. The molecule has 0 saturated carbocycles. The van der Waals surface area contributed by atoms with Gasteiger partial charge in [-0.25, -0.2) is 0 Å². The zero-order valence-corrected chi connectivity index (χ0v) is 13.8. The van der Waals surface area contributed by atoms with Gasteiger partial charge in [-0.15, -0.1) is 0 Å². The molecule has 2 aromatic carbocycles. The molecule has 4 heteroatoms. The lowest BCUT2D eigenvalue weighted by Crippen LogP contribution is -1.95. The van der Waals surface area contributed by atoms with E-state index in [4.69, 9.17) is 20.3 Å². The zero-order valence-electron chi connectivity index (χ0n) is 12.1. The van der Waals surface area contributed by atoms with Crippen LogP contribution in [0, 0.1) is 27.7 Å². The van der Waals surface area contributed by atoms with Crippen LogP contribution in [-0.2, 0) is 0 Å². The SMILES string of the molecule is Cc1cccc(OP(Cl)Oc2cccc(C)c2C)c1C. The lowest BCUT2D eigenvalue weighted by Gasteiger charge is -2.16. The third-order valence-electron chi connectivity index (χ3n) is 3.45. The topological polar surface area (TPSA) is 18.5 Å². The van der Waals surface area contributed by atoms with Crippen molar-refractivity contribution in [2.45, 2.75) is 27.7 Å². The van der Waals surface area contributed by atoms with Gasteiger partial charge in [-0.1, -0.05) is 24.3 Å². The van der Waals surface area contributed by atoms with E-state index in [1.165, 1.54) is 11.1 Å². The van der Waals surface area contributed by atoms with Crippen LogP contribution >= 0.6 is 19.0 Å². The van der Waals surface area contributed by atoms with Crippen LogP contribution in [0.5, 0.6) is 11.5 Å². The van der Waals surface area contributed by atoms with Crippen molar-refractivity contribution < 1.29 is 9.05 Å². The number of halogens is 1. The van der Waals surface area contributed by atoms with Gasteiger partial charge >= 0.3 is 7.73 Å². The summed E-state index contributed by atoms with van der Waals surface area (Å²) in [6.45, 7) is 8.12. The molecule has 0 bridgehead atoms. The smallest absolute Gasteiger partial charge is 0.401 e. The zero-order chi connectivity index (χ0) is 14.7. The number of hydrogen-bond acceptors (Lipinski definition) is 2. The first-order valence-electron chi connectivity index (χ1n) is 6.43. The van der Waals surface area contributed by atoms with Crippen LogP contribution in [0.25, 0.3) is 0 Å². The van der Waals surface area contributed by atoms with Crippen LogP contribution in [0.3, 0.4) is 0 Å². The van der Waals surface area contributed by atoms with Crippen molar-refractivity contribution in [2.75, 3.05) is 0 Å². The summed E-state index contributed by atoms with van der Waals surface area (Å²) in [4.78, 5) is 0. The van der Waals surface area contributed by atoms with Crippen molar-refractivity contribution in [3.63, 3.8) is 0 Å². The van der Waals surface area contributed by atoms with E-state index in [0.29, 0.717) is 0 Å². The number of rotatable bonds is 4. The average Bonchev–Trinajstić information content (AvgIpc) is 2.40. The van der Waals surface area contributed by atoms with E-state index in [0.717, 1.165) is 22.6 Å². The molecule has 20 heavy (non-hydrogen) atoms. The summed E-state index contributed by atoms with van der Waals surface area (Å²) in [6, 6.07) is 11.8. The van der Waals surface area contributed by atoms with E-state index in [1.807, 2.05) is 64.1 Å². The Hall–Kier alpha value is -1.24. The summed E-state index contributed by atoms with van der Waals surface area (Å²) in [6.07, 6.45) is 0. The van der Waals surface area contributed by atoms with Gasteiger partial charge < -0.3 is 9.05 Å². The second kappa shape index (κ2) is 6.47. The van der Waals surface area contributed by atoms with Gasteiger partial charge in [0.15, 0.2) is 0 Å². The van der Waals surface area contributed by atoms with E-state index in [9.17, 15) is 0 Å². The summed E-state index contributed by atoms with van der Waals surface area (Å²) in [5, 5.41) is 0. The summed E-state index contributed by atoms with van der Waals surface area (Å²) in [5.74, 6) is 1.55. The van der Waals surface area contributed by atoms with Crippen molar-refractivity contribution in [3.05, 3.63) is 58.7 Å². The van der Waals surface area contributed by atoms with E-state index in [-0.39, 0.29) is 0 Å². The molecule has 0 aliphatic carbocycles. The predicted octanol–water partition coefficient (Wildman–Crippen LogP) is 5.84. The van der Waals surface area contributed by atoms with Crippen LogP contribution in [0.15, 0.2) is 36.4 Å². The van der Waals surface area contributed by atoms with Gasteiger partial charge in [0.25, 0.3) is 0 Å². The Morgan fingerprint density at radius 2 is 1.15 bits per heavy atom. The minimum Gasteiger partial charge on any atom is -0.427 e. The van der Waals surface area contributed by atoms with Crippen LogP contribution in [0.1, 0.15) is 22.3 Å². The molecule has 2 aromatic rings. The molecule has 0 amide bonds. The molecule has 0 fully saturated rings. The maximum atomic E-state index is 6.22. The van der Waals surface area contributed by atoms with E-state index in [2.05, 4.69) is 0 Å². The minimum absolute atomic E-state index is 0.774. The lowest BCUT2D eigenvalue weighted by atomic mass is 10.1. The summed E-state index contributed by atoms with van der Waals surface area (Å²) in [5.41, 5.74) is 4.53. The largest absolute Gasteiger partial charge is 0.427 e. The number of hydrogen-bond donors (Lipinski definition) is 0. The Labute approximate surface area is 126 Å². The third-order valence-corrected chi connectivity index (χ3v) is 4.54. The van der Waals surface area contributed by atoms with Gasteiger partial charge in [0.2, 0.25) is 0 Å². The van der Waals surface area contributed by atoms with Crippen molar-refractivity contribution >= 4 is 19.0 Å². The molecule has 0 heterocycles. The Morgan fingerprint density at radius 3 is 1.55 bits per heavy atom. The first-order valence-corrected chi connectivity index (χ1v) is 8.51. The lowest BCUT2D eigenvalue weighted by molar-refractivity contribution is 0.503. The van der Waals surface area contributed by atoms with Gasteiger partial charge in [-0.05, 0) is 73.3 Å². The highest BCUT2D eigenvalue weighted by Gasteiger charge is 2.15. The van der Waals surface area contributed by atoms with Crippen LogP contribution in [-0.4, -0.2) is 0 Å². The maximum absolute atomic E-state index is 6.22. The quantitative estimate of drug-likeness (QED) is 0.660. The standard InChI is InChI=1S/C16H18ClO2P/c1-11-7-5-9-15(13(11)3)18-20(17)19-16-10-6-8-12(2)14(16)4/h5-10H,1-4H3. The molecule has 2 nitrogen and oxygen atoms in total. The molecule has 0 aliphatic heterocycles. The highest BCUT2D eigenvalue weighted by atomic mass is 35.7. The molecular formula is C16H18ClO2P. The van der Waals surface area contributed by atoms with Gasteiger partial charge in [0.1, 0.15) is 11.5 Å². The Bertz CT molecular complexity index is 560.